The van der Waals surface area contributed by atoms with E-state index >= 15 is 0 Å². The summed E-state index contributed by atoms with van der Waals surface area (Å²) in [5.74, 6) is 0.653. The molecule has 0 aromatic heterocycles. The Morgan fingerprint density at radius 2 is 1.96 bits per heavy atom. The molecule has 3 nitrogen and oxygen atoms in total. The number of rotatable bonds is 2. The summed E-state index contributed by atoms with van der Waals surface area (Å²) < 4.78 is 20.3. The second-order valence-electron chi connectivity index (χ2n) is 6.86. The standard InChI is InChI=1S/C20H22ClFN2O/c1-13-12-25-20-9-15-5-7-23-6-4-14(15)8-19(20)24(13)11-16-2-3-17(21)10-18(16)22/h2-3,8-10,13,23H,4-7,11-12H2,1H3/t13-/m0/s1. The average Bonchev–Trinajstić information content (AvgIpc) is 2.82. The van der Waals surface area contributed by atoms with Gasteiger partial charge in [0.15, 0.2) is 0 Å². The van der Waals surface area contributed by atoms with Gasteiger partial charge in [-0.1, -0.05) is 17.7 Å². The van der Waals surface area contributed by atoms with Crippen LogP contribution in [0.1, 0.15) is 23.6 Å². The summed E-state index contributed by atoms with van der Waals surface area (Å²) in [7, 11) is 0. The Hall–Kier alpha value is -1.78. The van der Waals surface area contributed by atoms with Gasteiger partial charge < -0.3 is 15.0 Å². The van der Waals surface area contributed by atoms with Crippen LogP contribution in [0.2, 0.25) is 5.02 Å². The minimum Gasteiger partial charge on any atom is -0.489 e. The van der Waals surface area contributed by atoms with Crippen molar-refractivity contribution >= 4 is 17.3 Å². The molecule has 0 bridgehead atoms. The van der Waals surface area contributed by atoms with E-state index in [4.69, 9.17) is 16.3 Å². The molecule has 1 N–H and O–H groups in total. The first-order valence-corrected chi connectivity index (χ1v) is 9.19. The molecular weight excluding hydrogens is 339 g/mol. The normalized spacial score (nSPS) is 19.6. The van der Waals surface area contributed by atoms with Crippen molar-refractivity contribution in [3.8, 4) is 5.75 Å². The molecule has 132 valence electrons. The Balaban J connectivity index is 1.70. The van der Waals surface area contributed by atoms with Crippen molar-refractivity contribution in [1.82, 2.24) is 5.32 Å². The molecule has 4 rings (SSSR count). The van der Waals surface area contributed by atoms with Crippen LogP contribution in [0.15, 0.2) is 30.3 Å². The maximum absolute atomic E-state index is 14.3. The van der Waals surface area contributed by atoms with Gasteiger partial charge in [0.25, 0.3) is 0 Å². The summed E-state index contributed by atoms with van der Waals surface area (Å²) in [4.78, 5) is 2.24. The third kappa shape index (κ3) is 3.33. The number of anilines is 1. The number of benzene rings is 2. The van der Waals surface area contributed by atoms with Gasteiger partial charge in [0.2, 0.25) is 0 Å². The Labute approximate surface area is 152 Å². The van der Waals surface area contributed by atoms with Crippen molar-refractivity contribution in [2.45, 2.75) is 32.4 Å². The Morgan fingerprint density at radius 3 is 2.72 bits per heavy atom. The molecule has 2 aromatic rings. The molecule has 2 aliphatic rings. The molecule has 0 saturated carbocycles. The zero-order valence-electron chi connectivity index (χ0n) is 14.3. The van der Waals surface area contributed by atoms with Crippen molar-refractivity contribution < 1.29 is 9.13 Å². The fourth-order valence-corrected chi connectivity index (χ4v) is 3.80. The van der Waals surface area contributed by atoms with Gasteiger partial charge in [0, 0.05) is 17.1 Å². The molecule has 0 unspecified atom stereocenters. The molecule has 0 aliphatic carbocycles. The fourth-order valence-electron chi connectivity index (χ4n) is 3.64. The van der Waals surface area contributed by atoms with Crippen molar-refractivity contribution in [2.75, 3.05) is 24.6 Å². The molecule has 25 heavy (non-hydrogen) atoms. The van der Waals surface area contributed by atoms with Gasteiger partial charge in [-0.15, -0.1) is 0 Å². The number of hydrogen-bond donors (Lipinski definition) is 1. The summed E-state index contributed by atoms with van der Waals surface area (Å²) in [5.41, 5.74) is 4.44. The molecule has 2 aliphatic heterocycles. The Kier molecular flexibility index (Phi) is 4.57. The maximum atomic E-state index is 14.3. The van der Waals surface area contributed by atoms with E-state index in [9.17, 15) is 4.39 Å². The van der Waals surface area contributed by atoms with Crippen LogP contribution >= 0.6 is 11.6 Å². The maximum Gasteiger partial charge on any atom is 0.143 e. The zero-order valence-corrected chi connectivity index (χ0v) is 15.1. The van der Waals surface area contributed by atoms with E-state index in [1.807, 2.05) is 0 Å². The molecule has 0 saturated heterocycles. The van der Waals surface area contributed by atoms with Crippen LogP contribution in [-0.2, 0) is 19.4 Å². The van der Waals surface area contributed by atoms with Crippen molar-refractivity contribution in [3.63, 3.8) is 0 Å². The summed E-state index contributed by atoms with van der Waals surface area (Å²) in [6.07, 6.45) is 2.04. The summed E-state index contributed by atoms with van der Waals surface area (Å²) in [5, 5.41) is 3.87. The highest BCUT2D eigenvalue weighted by molar-refractivity contribution is 6.30. The molecule has 2 aromatic carbocycles. The quantitative estimate of drug-likeness (QED) is 0.877. The molecule has 0 radical (unpaired) electrons. The van der Waals surface area contributed by atoms with Crippen molar-refractivity contribution in [1.29, 1.82) is 0 Å². The van der Waals surface area contributed by atoms with Crippen LogP contribution in [-0.4, -0.2) is 25.7 Å². The minimum atomic E-state index is -0.258. The number of nitrogens with zero attached hydrogens (tertiary/aromatic N) is 1. The van der Waals surface area contributed by atoms with Gasteiger partial charge in [0.1, 0.15) is 18.2 Å². The fraction of sp³-hybridized carbons (Fsp3) is 0.400. The lowest BCUT2D eigenvalue weighted by molar-refractivity contribution is 0.268. The predicted molar refractivity (Wildman–Crippen MR) is 99.3 cm³/mol. The Bertz CT molecular complexity index is 796. The molecular formula is C20H22ClFN2O. The first-order valence-electron chi connectivity index (χ1n) is 8.81. The molecule has 2 heterocycles. The van der Waals surface area contributed by atoms with Crippen LogP contribution in [0.4, 0.5) is 10.1 Å². The van der Waals surface area contributed by atoms with E-state index in [0.717, 1.165) is 37.4 Å². The summed E-state index contributed by atoms with van der Waals surface area (Å²) in [6, 6.07) is 9.49. The van der Waals surface area contributed by atoms with E-state index in [1.54, 1.807) is 12.1 Å². The van der Waals surface area contributed by atoms with E-state index in [-0.39, 0.29) is 11.9 Å². The van der Waals surface area contributed by atoms with Crippen LogP contribution < -0.4 is 15.0 Å². The number of hydrogen-bond acceptors (Lipinski definition) is 3. The van der Waals surface area contributed by atoms with Crippen LogP contribution in [0, 0.1) is 5.82 Å². The average molecular weight is 361 g/mol. The zero-order chi connectivity index (χ0) is 17.4. The lowest BCUT2D eigenvalue weighted by atomic mass is 9.99. The van der Waals surface area contributed by atoms with E-state index < -0.39 is 0 Å². The van der Waals surface area contributed by atoms with E-state index in [1.165, 1.54) is 17.2 Å². The molecule has 5 heteroatoms. The lowest BCUT2D eigenvalue weighted by Gasteiger charge is -2.37. The highest BCUT2D eigenvalue weighted by atomic mass is 35.5. The Morgan fingerprint density at radius 1 is 1.20 bits per heavy atom. The smallest absolute Gasteiger partial charge is 0.143 e. The minimum absolute atomic E-state index is 0.185. The second-order valence-corrected chi connectivity index (χ2v) is 7.30. The van der Waals surface area contributed by atoms with Gasteiger partial charge in [-0.2, -0.15) is 0 Å². The highest BCUT2D eigenvalue weighted by Gasteiger charge is 2.27. The van der Waals surface area contributed by atoms with Gasteiger partial charge >= 0.3 is 0 Å². The lowest BCUT2D eigenvalue weighted by Crippen LogP contribution is -2.40. The van der Waals surface area contributed by atoms with Crippen molar-refractivity contribution in [2.24, 2.45) is 0 Å². The van der Waals surface area contributed by atoms with Crippen molar-refractivity contribution in [3.05, 3.63) is 57.9 Å². The molecule has 0 fully saturated rings. The molecule has 0 amide bonds. The molecule has 0 spiro atoms. The number of fused-ring (bicyclic) bond motifs is 2. The van der Waals surface area contributed by atoms with E-state index in [2.05, 4.69) is 29.3 Å². The molecule has 1 atom stereocenters. The van der Waals surface area contributed by atoms with E-state index in [0.29, 0.717) is 23.7 Å². The monoisotopic (exact) mass is 360 g/mol. The van der Waals surface area contributed by atoms with Gasteiger partial charge in [-0.25, -0.2) is 4.39 Å². The topological polar surface area (TPSA) is 24.5 Å². The number of halogens is 2. The van der Waals surface area contributed by atoms with Gasteiger partial charge in [-0.3, -0.25) is 0 Å². The third-order valence-electron chi connectivity index (χ3n) is 5.10. The first-order chi connectivity index (χ1) is 12.1. The highest BCUT2D eigenvalue weighted by Crippen LogP contribution is 2.38. The second kappa shape index (κ2) is 6.85. The largest absolute Gasteiger partial charge is 0.489 e. The third-order valence-corrected chi connectivity index (χ3v) is 5.34. The van der Waals surface area contributed by atoms with Gasteiger partial charge in [0.05, 0.1) is 11.7 Å². The SMILES string of the molecule is C[C@H]1COc2cc3c(cc2N1Cc1ccc(Cl)cc1F)CCNCC3. The van der Waals surface area contributed by atoms with Gasteiger partial charge in [-0.05, 0) is 68.2 Å². The summed E-state index contributed by atoms with van der Waals surface area (Å²) >= 11 is 5.88. The van der Waals surface area contributed by atoms with Crippen LogP contribution in [0.25, 0.3) is 0 Å². The number of ether oxygens (including phenoxy) is 1. The van der Waals surface area contributed by atoms with Crippen LogP contribution in [0.3, 0.4) is 0 Å². The predicted octanol–water partition coefficient (Wildman–Crippen LogP) is 3.95. The van der Waals surface area contributed by atoms with Crippen LogP contribution in [0.5, 0.6) is 5.75 Å². The number of nitrogens with one attached hydrogen (secondary N) is 1. The first kappa shape index (κ1) is 16.7. The summed E-state index contributed by atoms with van der Waals surface area (Å²) in [6.45, 7) is 5.23.